The van der Waals surface area contributed by atoms with Gasteiger partial charge in [-0.3, -0.25) is 0 Å². The number of aliphatic hydroxyl groups is 1. The van der Waals surface area contributed by atoms with E-state index >= 15 is 0 Å². The highest BCUT2D eigenvalue weighted by Crippen LogP contribution is 2.26. The van der Waals surface area contributed by atoms with Crippen molar-refractivity contribution in [2.24, 2.45) is 0 Å². The smallest absolute Gasteiger partial charge is 0.407 e. The fraction of sp³-hybridized carbons (Fsp3) is 0.250. The highest BCUT2D eigenvalue weighted by Gasteiger charge is 2.16. The average molecular weight is 339 g/mol. The molecule has 1 heterocycles. The van der Waals surface area contributed by atoms with Crippen molar-refractivity contribution in [2.45, 2.75) is 26.1 Å². The Morgan fingerprint density at radius 2 is 2.00 bits per heavy atom. The number of hydrogen-bond donors (Lipinski definition) is 2. The molecule has 0 aliphatic heterocycles. The van der Waals surface area contributed by atoms with Crippen LogP contribution in [0.15, 0.2) is 59.0 Å². The van der Waals surface area contributed by atoms with Crippen molar-refractivity contribution in [3.8, 4) is 0 Å². The van der Waals surface area contributed by atoms with Gasteiger partial charge in [-0.05, 0) is 23.6 Å². The van der Waals surface area contributed by atoms with Crippen molar-refractivity contribution in [3.63, 3.8) is 0 Å². The second kappa shape index (κ2) is 7.85. The third kappa shape index (κ3) is 4.19. The average Bonchev–Trinajstić information content (AvgIpc) is 3.09. The maximum atomic E-state index is 11.7. The van der Waals surface area contributed by atoms with Gasteiger partial charge in [0.1, 0.15) is 24.1 Å². The molecule has 1 aromatic heterocycles. The van der Waals surface area contributed by atoms with Crippen molar-refractivity contribution in [2.75, 3.05) is 6.54 Å². The summed E-state index contributed by atoms with van der Waals surface area (Å²) in [6, 6.07) is 17.1. The zero-order valence-electron chi connectivity index (χ0n) is 14.1. The van der Waals surface area contributed by atoms with E-state index in [-0.39, 0.29) is 13.2 Å². The Kier molecular flexibility index (Phi) is 5.36. The first-order chi connectivity index (χ1) is 12.2. The van der Waals surface area contributed by atoms with E-state index in [2.05, 4.69) is 12.2 Å². The lowest BCUT2D eigenvalue weighted by molar-refractivity contribution is 0.119. The highest BCUT2D eigenvalue weighted by atomic mass is 16.5. The summed E-state index contributed by atoms with van der Waals surface area (Å²) in [5, 5.41) is 13.8. The molecule has 0 radical (unpaired) electrons. The van der Waals surface area contributed by atoms with Crippen LogP contribution >= 0.6 is 0 Å². The number of benzene rings is 2. The number of aliphatic hydroxyl groups excluding tert-OH is 1. The summed E-state index contributed by atoms with van der Waals surface area (Å²) in [5.41, 5.74) is 2.78. The summed E-state index contributed by atoms with van der Waals surface area (Å²) < 4.78 is 10.9. The number of amides is 1. The first-order valence-corrected chi connectivity index (χ1v) is 8.31. The normalized spacial score (nSPS) is 12.1. The van der Waals surface area contributed by atoms with Gasteiger partial charge in [-0.25, -0.2) is 4.79 Å². The third-order valence-electron chi connectivity index (χ3n) is 4.01. The summed E-state index contributed by atoms with van der Waals surface area (Å²) in [4.78, 5) is 11.7. The summed E-state index contributed by atoms with van der Waals surface area (Å²) >= 11 is 0. The number of ether oxygens (including phenoxy) is 1. The fourth-order valence-electron chi connectivity index (χ4n) is 2.64. The van der Waals surface area contributed by atoms with Crippen molar-refractivity contribution in [1.29, 1.82) is 0 Å². The summed E-state index contributed by atoms with van der Waals surface area (Å²) in [5.74, 6) is 0.430. The molecule has 1 amide bonds. The van der Waals surface area contributed by atoms with Gasteiger partial charge in [0.25, 0.3) is 0 Å². The van der Waals surface area contributed by atoms with E-state index < -0.39 is 12.2 Å². The molecule has 0 aliphatic carbocycles. The van der Waals surface area contributed by atoms with Crippen molar-refractivity contribution >= 4 is 17.1 Å². The topological polar surface area (TPSA) is 71.7 Å². The predicted octanol–water partition coefficient (Wildman–Crippen LogP) is 3.96. The van der Waals surface area contributed by atoms with E-state index in [1.54, 1.807) is 6.07 Å². The van der Waals surface area contributed by atoms with Crippen LogP contribution in [0.5, 0.6) is 0 Å². The van der Waals surface area contributed by atoms with Crippen molar-refractivity contribution < 1.29 is 19.1 Å². The molecular formula is C20H21NO4. The third-order valence-corrected chi connectivity index (χ3v) is 4.01. The van der Waals surface area contributed by atoms with Crippen LogP contribution in [0, 0.1) is 0 Å². The quantitative estimate of drug-likeness (QED) is 0.713. The minimum atomic E-state index is -0.929. The minimum Gasteiger partial charge on any atom is -0.458 e. The lowest BCUT2D eigenvalue weighted by Crippen LogP contribution is -2.28. The first-order valence-electron chi connectivity index (χ1n) is 8.31. The Bertz CT molecular complexity index is 841. The van der Waals surface area contributed by atoms with Crippen LogP contribution in [0.3, 0.4) is 0 Å². The molecule has 0 spiro atoms. The molecular weight excluding hydrogens is 318 g/mol. The van der Waals surface area contributed by atoms with Gasteiger partial charge >= 0.3 is 6.09 Å². The molecule has 5 heteroatoms. The molecule has 0 saturated heterocycles. The Balaban J connectivity index is 1.55. The van der Waals surface area contributed by atoms with Crippen LogP contribution < -0.4 is 5.32 Å². The van der Waals surface area contributed by atoms with E-state index in [4.69, 9.17) is 9.15 Å². The van der Waals surface area contributed by atoms with Crippen molar-refractivity contribution in [1.82, 2.24) is 5.32 Å². The molecule has 0 unspecified atom stereocenters. The van der Waals surface area contributed by atoms with Gasteiger partial charge in [0.2, 0.25) is 0 Å². The zero-order chi connectivity index (χ0) is 17.6. The fourth-order valence-corrected chi connectivity index (χ4v) is 2.64. The van der Waals surface area contributed by atoms with Crippen LogP contribution in [-0.4, -0.2) is 17.7 Å². The Labute approximate surface area is 146 Å². The van der Waals surface area contributed by atoms with Gasteiger partial charge in [-0.1, -0.05) is 55.5 Å². The standard InChI is InChI=1S/C20H21NO4/c1-2-15-9-6-10-16-11-18(25-19(15)16)17(22)12-21-20(23)24-13-14-7-4-3-5-8-14/h3-11,17,22H,2,12-13H2,1H3,(H,21,23)/t17-/m1/s1. The molecule has 2 N–H and O–H groups in total. The SMILES string of the molecule is CCc1cccc2cc([C@H](O)CNC(=O)OCc3ccccc3)oc12. The van der Waals surface area contributed by atoms with E-state index in [9.17, 15) is 9.90 Å². The van der Waals surface area contributed by atoms with Crippen LogP contribution in [0.4, 0.5) is 4.79 Å². The molecule has 0 bridgehead atoms. The van der Waals surface area contributed by atoms with Crippen LogP contribution in [0.25, 0.3) is 11.0 Å². The van der Waals surface area contributed by atoms with Crippen molar-refractivity contribution in [3.05, 3.63) is 71.5 Å². The molecule has 0 saturated carbocycles. The molecule has 3 rings (SSSR count). The molecule has 0 fully saturated rings. The lowest BCUT2D eigenvalue weighted by atomic mass is 10.1. The van der Waals surface area contributed by atoms with Gasteiger partial charge in [-0.15, -0.1) is 0 Å². The second-order valence-electron chi connectivity index (χ2n) is 5.80. The maximum Gasteiger partial charge on any atom is 0.407 e. The van der Waals surface area contributed by atoms with E-state index in [0.29, 0.717) is 5.76 Å². The summed E-state index contributed by atoms with van der Waals surface area (Å²) in [6.45, 7) is 2.26. The number of rotatable bonds is 6. The number of nitrogens with one attached hydrogen (secondary N) is 1. The van der Waals surface area contributed by atoms with Gasteiger partial charge in [0.15, 0.2) is 0 Å². The largest absolute Gasteiger partial charge is 0.458 e. The number of furan rings is 1. The molecule has 130 valence electrons. The van der Waals surface area contributed by atoms with Gasteiger partial charge in [0.05, 0.1) is 6.54 Å². The highest BCUT2D eigenvalue weighted by molar-refractivity contribution is 5.81. The van der Waals surface area contributed by atoms with E-state index in [1.165, 1.54) is 0 Å². The number of carbonyl (C=O) groups excluding carboxylic acids is 1. The Morgan fingerprint density at radius 1 is 1.20 bits per heavy atom. The van der Waals surface area contributed by atoms with E-state index in [0.717, 1.165) is 28.5 Å². The molecule has 0 aliphatic rings. The van der Waals surface area contributed by atoms with Crippen LogP contribution in [-0.2, 0) is 17.8 Å². The monoisotopic (exact) mass is 339 g/mol. The molecule has 1 atom stereocenters. The van der Waals surface area contributed by atoms with E-state index in [1.807, 2.05) is 48.5 Å². The van der Waals surface area contributed by atoms with Crippen LogP contribution in [0.1, 0.15) is 29.9 Å². The first kappa shape index (κ1) is 17.0. The number of hydrogen-bond acceptors (Lipinski definition) is 4. The number of carbonyl (C=O) groups is 1. The van der Waals surface area contributed by atoms with Gasteiger partial charge in [-0.2, -0.15) is 0 Å². The summed E-state index contributed by atoms with van der Waals surface area (Å²) in [7, 11) is 0. The van der Waals surface area contributed by atoms with Crippen LogP contribution in [0.2, 0.25) is 0 Å². The number of fused-ring (bicyclic) bond motifs is 1. The second-order valence-corrected chi connectivity index (χ2v) is 5.80. The molecule has 5 nitrogen and oxygen atoms in total. The minimum absolute atomic E-state index is 0.0227. The van der Waals surface area contributed by atoms with Gasteiger partial charge < -0.3 is 19.6 Å². The zero-order valence-corrected chi connectivity index (χ0v) is 14.1. The lowest BCUT2D eigenvalue weighted by Gasteiger charge is -2.10. The Hall–Kier alpha value is -2.79. The molecule has 3 aromatic rings. The Morgan fingerprint density at radius 3 is 2.76 bits per heavy atom. The predicted molar refractivity (Wildman–Crippen MR) is 95.2 cm³/mol. The summed E-state index contributed by atoms with van der Waals surface area (Å²) in [6.07, 6.45) is -0.653. The number of alkyl carbamates (subject to hydrolysis) is 1. The molecule has 2 aromatic carbocycles. The van der Waals surface area contributed by atoms with Gasteiger partial charge in [0, 0.05) is 5.39 Å². The number of para-hydroxylation sites is 1. The maximum absolute atomic E-state index is 11.7. The number of aryl methyl sites for hydroxylation is 1. The molecule has 25 heavy (non-hydrogen) atoms.